The molecule has 0 saturated carbocycles. The monoisotopic (exact) mass is 375 g/mol. The Balaban J connectivity index is 2.04. The molecular formula is C22H26BN3O2. The van der Waals surface area contributed by atoms with Crippen molar-refractivity contribution in [1.82, 2.24) is 0 Å². The Hall–Kier alpha value is -2.96. The number of anilines is 5. The Labute approximate surface area is 167 Å². The first-order chi connectivity index (χ1) is 13.4. The van der Waals surface area contributed by atoms with Gasteiger partial charge in [0.05, 0.1) is 0 Å². The van der Waals surface area contributed by atoms with E-state index in [0.29, 0.717) is 5.46 Å². The first-order valence-corrected chi connectivity index (χ1v) is 9.18. The van der Waals surface area contributed by atoms with Crippen molar-refractivity contribution < 1.29 is 10.0 Å². The number of hydrogen-bond donors (Lipinski definition) is 2. The Morgan fingerprint density at radius 2 is 0.786 bits per heavy atom. The van der Waals surface area contributed by atoms with Crippen LogP contribution in [0.5, 0.6) is 0 Å². The maximum Gasteiger partial charge on any atom is 0.488 e. The smallest absolute Gasteiger partial charge is 0.423 e. The summed E-state index contributed by atoms with van der Waals surface area (Å²) in [4.78, 5) is 6.28. The van der Waals surface area contributed by atoms with Crippen molar-refractivity contribution in [1.29, 1.82) is 0 Å². The van der Waals surface area contributed by atoms with Crippen LogP contribution in [0, 0.1) is 0 Å². The average Bonchev–Trinajstić information content (AvgIpc) is 2.69. The van der Waals surface area contributed by atoms with Gasteiger partial charge in [-0.25, -0.2) is 0 Å². The predicted octanol–water partition coefficient (Wildman–Crippen LogP) is 2.97. The molecule has 0 fully saturated rings. The molecule has 0 aliphatic rings. The second-order valence-corrected chi connectivity index (χ2v) is 7.12. The van der Waals surface area contributed by atoms with Crippen LogP contribution in [0.1, 0.15) is 0 Å². The normalized spacial score (nSPS) is 10.5. The molecular weight excluding hydrogens is 349 g/mol. The summed E-state index contributed by atoms with van der Waals surface area (Å²) in [5.41, 5.74) is 5.73. The van der Waals surface area contributed by atoms with Crippen LogP contribution in [-0.2, 0) is 0 Å². The Morgan fingerprint density at radius 1 is 0.500 bits per heavy atom. The van der Waals surface area contributed by atoms with Gasteiger partial charge in [-0.1, -0.05) is 12.1 Å². The molecule has 0 saturated heterocycles. The first-order valence-electron chi connectivity index (χ1n) is 9.18. The number of hydrogen-bond acceptors (Lipinski definition) is 5. The van der Waals surface area contributed by atoms with Gasteiger partial charge in [-0.3, -0.25) is 0 Å². The minimum absolute atomic E-state index is 0.467. The summed E-state index contributed by atoms with van der Waals surface area (Å²) in [5, 5.41) is 18.8. The van der Waals surface area contributed by atoms with Crippen molar-refractivity contribution in [2.75, 3.05) is 42.9 Å². The molecule has 0 heterocycles. The van der Waals surface area contributed by atoms with Gasteiger partial charge >= 0.3 is 7.12 Å². The van der Waals surface area contributed by atoms with Gasteiger partial charge in [0.15, 0.2) is 0 Å². The van der Waals surface area contributed by atoms with E-state index in [1.807, 2.05) is 40.3 Å². The van der Waals surface area contributed by atoms with E-state index >= 15 is 0 Å². The highest BCUT2D eigenvalue weighted by Crippen LogP contribution is 2.35. The molecule has 0 aliphatic heterocycles. The fourth-order valence-electron chi connectivity index (χ4n) is 3.04. The highest BCUT2D eigenvalue weighted by atomic mass is 16.4. The standard InChI is InChI=1S/C22H26BN3O2/c1-24(2)18-9-13-21(14-10-18)26(20-7-5-17(6-8-20)23(27)28)22-15-11-19(12-16-22)25(3)4/h5-16,27-28H,1-4H3. The van der Waals surface area contributed by atoms with Crippen LogP contribution in [0.25, 0.3) is 0 Å². The van der Waals surface area contributed by atoms with Gasteiger partial charge in [-0.15, -0.1) is 0 Å². The highest BCUT2D eigenvalue weighted by Gasteiger charge is 2.15. The molecule has 3 rings (SSSR count). The van der Waals surface area contributed by atoms with Crippen LogP contribution in [0.4, 0.5) is 28.4 Å². The van der Waals surface area contributed by atoms with Crippen LogP contribution in [0.15, 0.2) is 72.8 Å². The zero-order valence-corrected chi connectivity index (χ0v) is 16.7. The fraction of sp³-hybridized carbons (Fsp3) is 0.182. The molecule has 0 aliphatic carbocycles. The summed E-state index contributed by atoms with van der Waals surface area (Å²) >= 11 is 0. The van der Waals surface area contributed by atoms with Crippen LogP contribution < -0.4 is 20.2 Å². The molecule has 144 valence electrons. The van der Waals surface area contributed by atoms with E-state index in [4.69, 9.17) is 0 Å². The second kappa shape index (κ2) is 8.38. The molecule has 0 amide bonds. The third-order valence-corrected chi connectivity index (χ3v) is 4.70. The van der Waals surface area contributed by atoms with Crippen LogP contribution >= 0.6 is 0 Å². The van der Waals surface area contributed by atoms with Gasteiger partial charge < -0.3 is 24.7 Å². The van der Waals surface area contributed by atoms with E-state index in [-0.39, 0.29) is 0 Å². The van der Waals surface area contributed by atoms with Crippen LogP contribution in [0.3, 0.4) is 0 Å². The lowest BCUT2D eigenvalue weighted by molar-refractivity contribution is 0.426. The zero-order valence-electron chi connectivity index (χ0n) is 16.7. The maximum atomic E-state index is 9.38. The van der Waals surface area contributed by atoms with Crippen molar-refractivity contribution in [3.63, 3.8) is 0 Å². The van der Waals surface area contributed by atoms with Crippen LogP contribution in [-0.4, -0.2) is 45.4 Å². The van der Waals surface area contributed by atoms with Gasteiger partial charge in [0.2, 0.25) is 0 Å². The summed E-state index contributed by atoms with van der Waals surface area (Å²) < 4.78 is 0. The first kappa shape index (κ1) is 19.8. The summed E-state index contributed by atoms with van der Waals surface area (Å²) in [7, 11) is 6.61. The van der Waals surface area contributed by atoms with E-state index in [0.717, 1.165) is 28.4 Å². The summed E-state index contributed by atoms with van der Waals surface area (Å²) in [6.45, 7) is 0. The zero-order chi connectivity index (χ0) is 20.3. The average molecular weight is 375 g/mol. The predicted molar refractivity (Wildman–Crippen MR) is 120 cm³/mol. The molecule has 6 heteroatoms. The van der Waals surface area contributed by atoms with E-state index in [1.54, 1.807) is 12.1 Å². The molecule has 2 N–H and O–H groups in total. The molecule has 0 radical (unpaired) electrons. The molecule has 0 atom stereocenters. The van der Waals surface area contributed by atoms with E-state index in [9.17, 15) is 10.0 Å². The van der Waals surface area contributed by atoms with Crippen molar-refractivity contribution in [2.45, 2.75) is 0 Å². The molecule has 0 unspecified atom stereocenters. The van der Waals surface area contributed by atoms with E-state index in [2.05, 4.69) is 63.2 Å². The Kier molecular flexibility index (Phi) is 5.92. The van der Waals surface area contributed by atoms with Crippen molar-refractivity contribution in [2.24, 2.45) is 0 Å². The van der Waals surface area contributed by atoms with Crippen molar-refractivity contribution in [3.8, 4) is 0 Å². The molecule has 0 aromatic heterocycles. The minimum Gasteiger partial charge on any atom is -0.423 e. The lowest BCUT2D eigenvalue weighted by atomic mass is 9.80. The largest absolute Gasteiger partial charge is 0.488 e. The topological polar surface area (TPSA) is 50.2 Å². The SMILES string of the molecule is CN(C)c1ccc(N(c2ccc(B(O)O)cc2)c2ccc(N(C)C)cc2)cc1. The quantitative estimate of drug-likeness (QED) is 0.649. The van der Waals surface area contributed by atoms with Crippen molar-refractivity contribution in [3.05, 3.63) is 72.8 Å². The summed E-state index contributed by atoms with van der Waals surface area (Å²) in [5.74, 6) is 0. The van der Waals surface area contributed by atoms with E-state index in [1.165, 1.54) is 0 Å². The molecule has 0 spiro atoms. The lowest BCUT2D eigenvalue weighted by Crippen LogP contribution is -2.29. The van der Waals surface area contributed by atoms with Crippen molar-refractivity contribution >= 4 is 41.0 Å². The van der Waals surface area contributed by atoms with Crippen LogP contribution in [0.2, 0.25) is 0 Å². The molecule has 3 aromatic carbocycles. The lowest BCUT2D eigenvalue weighted by Gasteiger charge is -2.27. The number of nitrogens with zero attached hydrogens (tertiary/aromatic N) is 3. The maximum absolute atomic E-state index is 9.38. The third kappa shape index (κ3) is 4.30. The third-order valence-electron chi connectivity index (χ3n) is 4.70. The van der Waals surface area contributed by atoms with Gasteiger partial charge in [0.1, 0.15) is 0 Å². The molecule has 5 nitrogen and oxygen atoms in total. The van der Waals surface area contributed by atoms with Gasteiger partial charge in [0.25, 0.3) is 0 Å². The Morgan fingerprint density at radius 3 is 1.07 bits per heavy atom. The molecule has 3 aromatic rings. The highest BCUT2D eigenvalue weighted by molar-refractivity contribution is 6.58. The van der Waals surface area contributed by atoms with Gasteiger partial charge in [0, 0.05) is 56.6 Å². The number of benzene rings is 3. The van der Waals surface area contributed by atoms with Gasteiger partial charge in [-0.05, 0) is 66.1 Å². The molecule has 0 bridgehead atoms. The minimum atomic E-state index is -1.47. The summed E-state index contributed by atoms with van der Waals surface area (Å²) in [6.07, 6.45) is 0. The number of rotatable bonds is 6. The fourth-order valence-corrected chi connectivity index (χ4v) is 3.04. The Bertz CT molecular complexity index is 770. The second-order valence-electron chi connectivity index (χ2n) is 7.12. The van der Waals surface area contributed by atoms with E-state index < -0.39 is 7.12 Å². The summed E-state index contributed by atoms with van der Waals surface area (Å²) in [6, 6.07) is 23.9. The molecule has 28 heavy (non-hydrogen) atoms. The van der Waals surface area contributed by atoms with Gasteiger partial charge in [-0.2, -0.15) is 0 Å².